The Morgan fingerprint density at radius 1 is 1.32 bits per heavy atom. The molecule has 0 amide bonds. The molecule has 1 aromatic carbocycles. The van der Waals surface area contributed by atoms with Gasteiger partial charge in [-0.25, -0.2) is 21.5 Å². The predicted molar refractivity (Wildman–Crippen MR) is 63.2 cm³/mol. The minimum absolute atomic E-state index is 0.00959. The number of aryl methyl sites for hydroxylation is 1. The number of halogens is 2. The summed E-state index contributed by atoms with van der Waals surface area (Å²) in [7, 11) is -3.14. The first-order chi connectivity index (χ1) is 8.66. The molecule has 0 saturated heterocycles. The zero-order valence-corrected chi connectivity index (χ0v) is 11.2. The van der Waals surface area contributed by atoms with Crippen LogP contribution in [0.15, 0.2) is 17.0 Å². The highest BCUT2D eigenvalue weighted by molar-refractivity contribution is 7.89. The molecule has 5 nitrogen and oxygen atoms in total. The maximum Gasteiger partial charge on any atom is 0.304 e. The molecule has 0 aliphatic carbocycles. The van der Waals surface area contributed by atoms with Gasteiger partial charge >= 0.3 is 5.97 Å². The van der Waals surface area contributed by atoms with Crippen LogP contribution >= 0.6 is 0 Å². The van der Waals surface area contributed by atoms with Crippen LogP contribution < -0.4 is 0 Å². The van der Waals surface area contributed by atoms with E-state index in [9.17, 15) is 22.0 Å². The number of nitrogens with zero attached hydrogens (tertiary/aromatic N) is 1. The average Bonchev–Trinajstić information content (AvgIpc) is 2.30. The van der Waals surface area contributed by atoms with Crippen molar-refractivity contribution in [1.82, 2.24) is 4.31 Å². The van der Waals surface area contributed by atoms with E-state index in [2.05, 4.69) is 0 Å². The van der Waals surface area contributed by atoms with Gasteiger partial charge in [-0.05, 0) is 24.6 Å². The SMILES string of the molecule is Cc1cc(F)c(S(=O)(=O)N(C)CCC(=O)O)cc1F. The maximum absolute atomic E-state index is 13.6. The highest BCUT2D eigenvalue weighted by Crippen LogP contribution is 2.21. The summed E-state index contributed by atoms with van der Waals surface area (Å²) in [5.74, 6) is -3.09. The second-order valence-corrected chi connectivity index (χ2v) is 6.02. The van der Waals surface area contributed by atoms with Crippen LogP contribution in [-0.2, 0) is 14.8 Å². The van der Waals surface area contributed by atoms with Crippen molar-refractivity contribution >= 4 is 16.0 Å². The molecule has 0 radical (unpaired) electrons. The fraction of sp³-hybridized carbons (Fsp3) is 0.364. The number of carbonyl (C=O) groups is 1. The molecule has 0 heterocycles. The summed E-state index contributed by atoms with van der Waals surface area (Å²) in [5.41, 5.74) is -0.00959. The van der Waals surface area contributed by atoms with Gasteiger partial charge in [-0.15, -0.1) is 0 Å². The number of hydrogen-bond donors (Lipinski definition) is 1. The minimum atomic E-state index is -4.25. The van der Waals surface area contributed by atoms with Crippen molar-refractivity contribution in [2.45, 2.75) is 18.2 Å². The molecule has 8 heteroatoms. The van der Waals surface area contributed by atoms with Crippen molar-refractivity contribution in [3.63, 3.8) is 0 Å². The Bertz CT molecular complexity index is 601. The van der Waals surface area contributed by atoms with E-state index in [1.165, 1.54) is 6.92 Å². The van der Waals surface area contributed by atoms with Crippen LogP contribution in [0.25, 0.3) is 0 Å². The standard InChI is InChI=1S/C11H13F2NO4S/c1-7-5-9(13)10(6-8(7)12)19(17,18)14(2)4-3-11(15)16/h5-6H,3-4H2,1-2H3,(H,15,16). The second-order valence-electron chi connectivity index (χ2n) is 4.00. The first-order valence-electron chi connectivity index (χ1n) is 5.30. The first kappa shape index (κ1) is 15.5. The Morgan fingerprint density at radius 3 is 2.42 bits per heavy atom. The van der Waals surface area contributed by atoms with Crippen molar-refractivity contribution in [2.24, 2.45) is 0 Å². The van der Waals surface area contributed by atoms with Crippen molar-refractivity contribution in [3.8, 4) is 0 Å². The number of benzene rings is 1. The normalized spacial score (nSPS) is 11.8. The average molecular weight is 293 g/mol. The summed E-state index contributed by atoms with van der Waals surface area (Å²) >= 11 is 0. The third kappa shape index (κ3) is 3.48. The predicted octanol–water partition coefficient (Wildman–Crippen LogP) is 1.37. The van der Waals surface area contributed by atoms with E-state index in [-0.39, 0.29) is 12.1 Å². The van der Waals surface area contributed by atoms with Crippen LogP contribution in [0.1, 0.15) is 12.0 Å². The number of rotatable bonds is 5. The third-order valence-electron chi connectivity index (χ3n) is 2.54. The Morgan fingerprint density at radius 2 is 1.89 bits per heavy atom. The van der Waals surface area contributed by atoms with Crippen LogP contribution in [0, 0.1) is 18.6 Å². The summed E-state index contributed by atoms with van der Waals surface area (Å²) in [6, 6.07) is 1.38. The van der Waals surface area contributed by atoms with E-state index in [4.69, 9.17) is 5.11 Å². The number of aliphatic carboxylic acids is 1. The largest absolute Gasteiger partial charge is 0.481 e. The molecule has 1 N–H and O–H groups in total. The molecule has 1 aromatic rings. The Balaban J connectivity index is 3.13. The van der Waals surface area contributed by atoms with Gasteiger partial charge in [0.1, 0.15) is 16.5 Å². The van der Waals surface area contributed by atoms with E-state index >= 15 is 0 Å². The van der Waals surface area contributed by atoms with E-state index in [1.54, 1.807) is 0 Å². The fourth-order valence-corrected chi connectivity index (χ4v) is 2.59. The lowest BCUT2D eigenvalue weighted by Gasteiger charge is -2.17. The lowest BCUT2D eigenvalue weighted by atomic mass is 10.2. The highest BCUT2D eigenvalue weighted by atomic mass is 32.2. The lowest BCUT2D eigenvalue weighted by Crippen LogP contribution is -2.30. The zero-order valence-electron chi connectivity index (χ0n) is 10.4. The highest BCUT2D eigenvalue weighted by Gasteiger charge is 2.26. The minimum Gasteiger partial charge on any atom is -0.481 e. The molecule has 1 rings (SSSR count). The van der Waals surface area contributed by atoms with Crippen LogP contribution in [-0.4, -0.2) is 37.4 Å². The summed E-state index contributed by atoms with van der Waals surface area (Å²) in [5, 5.41) is 8.48. The molecule has 0 atom stereocenters. The van der Waals surface area contributed by atoms with Gasteiger partial charge in [-0.3, -0.25) is 4.79 Å². The van der Waals surface area contributed by atoms with Crippen molar-refractivity contribution in [3.05, 3.63) is 29.3 Å². The van der Waals surface area contributed by atoms with Crippen LogP contribution in [0.2, 0.25) is 0 Å². The molecule has 19 heavy (non-hydrogen) atoms. The molecule has 0 aliphatic rings. The quantitative estimate of drug-likeness (QED) is 0.889. The molecule has 0 spiro atoms. The third-order valence-corrected chi connectivity index (χ3v) is 4.41. The van der Waals surface area contributed by atoms with Gasteiger partial charge in [0.15, 0.2) is 0 Å². The molecular formula is C11H13F2NO4S. The van der Waals surface area contributed by atoms with Crippen LogP contribution in [0.5, 0.6) is 0 Å². The molecule has 0 aromatic heterocycles. The summed E-state index contributed by atoms with van der Waals surface area (Å²) in [6.45, 7) is 0.982. The van der Waals surface area contributed by atoms with Gasteiger partial charge < -0.3 is 5.11 Å². The summed E-state index contributed by atoms with van der Waals surface area (Å²) < 4.78 is 51.5. The van der Waals surface area contributed by atoms with Gasteiger partial charge in [0.25, 0.3) is 0 Å². The van der Waals surface area contributed by atoms with Crippen LogP contribution in [0.4, 0.5) is 8.78 Å². The number of carboxylic acids is 1. The Kier molecular flexibility index (Phi) is 4.59. The smallest absolute Gasteiger partial charge is 0.304 e. The van der Waals surface area contributed by atoms with Gasteiger partial charge in [0.05, 0.1) is 6.42 Å². The fourth-order valence-electron chi connectivity index (χ4n) is 1.37. The maximum atomic E-state index is 13.6. The van der Waals surface area contributed by atoms with E-state index in [0.29, 0.717) is 10.4 Å². The van der Waals surface area contributed by atoms with Crippen molar-refractivity contribution in [2.75, 3.05) is 13.6 Å². The topological polar surface area (TPSA) is 74.7 Å². The van der Waals surface area contributed by atoms with Gasteiger partial charge in [0.2, 0.25) is 10.0 Å². The number of sulfonamides is 1. The lowest BCUT2D eigenvalue weighted by molar-refractivity contribution is -0.137. The molecule has 0 fully saturated rings. The second kappa shape index (κ2) is 5.62. The molecule has 0 aliphatic heterocycles. The Labute approximate surface area is 109 Å². The van der Waals surface area contributed by atoms with E-state index in [1.807, 2.05) is 0 Å². The van der Waals surface area contributed by atoms with E-state index < -0.39 is 38.9 Å². The molecule has 106 valence electrons. The molecule has 0 bridgehead atoms. The van der Waals surface area contributed by atoms with Gasteiger partial charge in [-0.1, -0.05) is 0 Å². The molecule has 0 unspecified atom stereocenters. The summed E-state index contributed by atoms with van der Waals surface area (Å²) in [6.07, 6.45) is -0.425. The van der Waals surface area contributed by atoms with Crippen molar-refractivity contribution < 1.29 is 27.1 Å². The summed E-state index contributed by atoms with van der Waals surface area (Å²) in [4.78, 5) is 9.58. The van der Waals surface area contributed by atoms with Gasteiger partial charge in [0, 0.05) is 13.6 Å². The number of hydrogen-bond acceptors (Lipinski definition) is 3. The monoisotopic (exact) mass is 293 g/mol. The van der Waals surface area contributed by atoms with E-state index in [0.717, 1.165) is 13.1 Å². The Hall–Kier alpha value is -1.54. The molecule has 0 saturated carbocycles. The zero-order chi connectivity index (χ0) is 14.8. The van der Waals surface area contributed by atoms with Crippen LogP contribution in [0.3, 0.4) is 0 Å². The molecular weight excluding hydrogens is 280 g/mol. The first-order valence-corrected chi connectivity index (χ1v) is 6.74. The van der Waals surface area contributed by atoms with Crippen molar-refractivity contribution in [1.29, 1.82) is 0 Å². The number of carboxylic acid groups (broad SMARTS) is 1. The van der Waals surface area contributed by atoms with Gasteiger partial charge in [-0.2, -0.15) is 0 Å².